The van der Waals surface area contributed by atoms with Crippen molar-refractivity contribution in [1.29, 1.82) is 0 Å². The zero-order valence-electron chi connectivity index (χ0n) is 14.8. The lowest BCUT2D eigenvalue weighted by Gasteiger charge is -2.25. The minimum atomic E-state index is -0.442. The van der Waals surface area contributed by atoms with Crippen molar-refractivity contribution in [3.8, 4) is 0 Å². The molecule has 0 saturated heterocycles. The Labute approximate surface area is 134 Å². The average molecular weight is 306 g/mol. The van der Waals surface area contributed by atoms with Gasteiger partial charge in [0.05, 0.1) is 0 Å². The Bertz CT molecular complexity index is 480. The van der Waals surface area contributed by atoms with Crippen molar-refractivity contribution >= 4 is 6.09 Å². The zero-order valence-corrected chi connectivity index (χ0v) is 14.8. The molecule has 1 rings (SSSR count). The van der Waals surface area contributed by atoms with Gasteiger partial charge in [-0.05, 0) is 58.7 Å². The highest BCUT2D eigenvalue weighted by atomic mass is 16.6. The summed E-state index contributed by atoms with van der Waals surface area (Å²) >= 11 is 0. The van der Waals surface area contributed by atoms with Crippen LogP contribution < -0.4 is 5.32 Å². The van der Waals surface area contributed by atoms with Crippen LogP contribution in [0.1, 0.15) is 51.3 Å². The number of aryl methyl sites for hydroxylation is 1. The van der Waals surface area contributed by atoms with E-state index in [9.17, 15) is 4.79 Å². The van der Waals surface area contributed by atoms with Gasteiger partial charge in [0, 0.05) is 19.6 Å². The largest absolute Gasteiger partial charge is 0.444 e. The number of rotatable bonds is 6. The molecule has 1 atom stereocenters. The molecular weight excluding hydrogens is 276 g/mol. The van der Waals surface area contributed by atoms with Gasteiger partial charge in [-0.1, -0.05) is 24.3 Å². The van der Waals surface area contributed by atoms with Gasteiger partial charge in [-0.25, -0.2) is 4.79 Å². The number of carbonyl (C=O) groups is 1. The number of hydrogen-bond acceptors (Lipinski definition) is 3. The van der Waals surface area contributed by atoms with Crippen molar-refractivity contribution in [2.24, 2.45) is 0 Å². The van der Waals surface area contributed by atoms with Crippen LogP contribution in [0.4, 0.5) is 4.79 Å². The van der Waals surface area contributed by atoms with Crippen LogP contribution in [0.5, 0.6) is 0 Å². The lowest BCUT2D eigenvalue weighted by atomic mass is 10.0. The molecule has 124 valence electrons. The molecule has 1 N–H and O–H groups in total. The summed E-state index contributed by atoms with van der Waals surface area (Å²) in [6.45, 7) is 11.5. The summed E-state index contributed by atoms with van der Waals surface area (Å²) in [5.41, 5.74) is 2.18. The molecule has 22 heavy (non-hydrogen) atoms. The first-order valence-corrected chi connectivity index (χ1v) is 7.94. The minimum absolute atomic E-state index is 0.264. The smallest absolute Gasteiger partial charge is 0.410 e. The van der Waals surface area contributed by atoms with E-state index in [1.165, 1.54) is 11.1 Å². The van der Waals surface area contributed by atoms with E-state index in [2.05, 4.69) is 43.4 Å². The third-order valence-corrected chi connectivity index (χ3v) is 3.48. The summed E-state index contributed by atoms with van der Waals surface area (Å²) in [5, 5.41) is 3.50. The lowest BCUT2D eigenvalue weighted by molar-refractivity contribution is 0.0297. The topological polar surface area (TPSA) is 41.6 Å². The first kappa shape index (κ1) is 18.5. The molecule has 0 fully saturated rings. The normalized spacial score (nSPS) is 12.8. The molecule has 0 spiro atoms. The molecule has 0 aliphatic rings. The molecule has 4 nitrogen and oxygen atoms in total. The number of hydrogen-bond donors (Lipinski definition) is 1. The number of nitrogens with one attached hydrogen (secondary N) is 1. The second-order valence-corrected chi connectivity index (χ2v) is 6.79. The molecule has 1 aromatic rings. The fraction of sp³-hybridized carbons (Fsp3) is 0.611. The van der Waals surface area contributed by atoms with E-state index in [0.29, 0.717) is 12.6 Å². The first-order valence-electron chi connectivity index (χ1n) is 7.94. The van der Waals surface area contributed by atoms with Crippen molar-refractivity contribution in [1.82, 2.24) is 10.2 Å². The molecule has 0 radical (unpaired) electrons. The van der Waals surface area contributed by atoms with Crippen molar-refractivity contribution in [3.63, 3.8) is 0 Å². The van der Waals surface area contributed by atoms with Crippen molar-refractivity contribution < 1.29 is 9.53 Å². The number of nitrogens with zero attached hydrogens (tertiary/aromatic N) is 1. The van der Waals surface area contributed by atoms with E-state index < -0.39 is 5.60 Å². The predicted molar refractivity (Wildman–Crippen MR) is 91.1 cm³/mol. The molecule has 0 heterocycles. The molecule has 1 aromatic carbocycles. The van der Waals surface area contributed by atoms with Crippen LogP contribution in [0.15, 0.2) is 24.3 Å². The second kappa shape index (κ2) is 8.18. The molecule has 4 heteroatoms. The first-order chi connectivity index (χ1) is 10.2. The molecule has 0 saturated carbocycles. The van der Waals surface area contributed by atoms with Crippen LogP contribution >= 0.6 is 0 Å². The Kier molecular flexibility index (Phi) is 6.88. The fourth-order valence-electron chi connectivity index (χ4n) is 2.25. The van der Waals surface area contributed by atoms with Gasteiger partial charge in [0.1, 0.15) is 5.60 Å². The molecule has 0 aromatic heterocycles. The Morgan fingerprint density at radius 3 is 2.55 bits per heavy atom. The van der Waals surface area contributed by atoms with E-state index >= 15 is 0 Å². The van der Waals surface area contributed by atoms with Gasteiger partial charge in [-0.2, -0.15) is 0 Å². The quantitative estimate of drug-likeness (QED) is 0.810. The highest BCUT2D eigenvalue weighted by molar-refractivity contribution is 5.67. The van der Waals surface area contributed by atoms with Crippen LogP contribution in [0, 0.1) is 6.92 Å². The highest BCUT2D eigenvalue weighted by Gasteiger charge is 2.19. The maximum absolute atomic E-state index is 11.8. The van der Waals surface area contributed by atoms with Gasteiger partial charge in [0.2, 0.25) is 0 Å². The summed E-state index contributed by atoms with van der Waals surface area (Å²) in [5.74, 6) is 0. The minimum Gasteiger partial charge on any atom is -0.444 e. The summed E-state index contributed by atoms with van der Waals surface area (Å²) in [7, 11) is 1.78. The van der Waals surface area contributed by atoms with Gasteiger partial charge in [0.15, 0.2) is 0 Å². The van der Waals surface area contributed by atoms with E-state index in [1.54, 1.807) is 11.9 Å². The maximum Gasteiger partial charge on any atom is 0.410 e. The summed E-state index contributed by atoms with van der Waals surface area (Å²) in [6, 6.07) is 8.72. The monoisotopic (exact) mass is 306 g/mol. The van der Waals surface area contributed by atoms with E-state index in [4.69, 9.17) is 4.74 Å². The number of carbonyl (C=O) groups excluding carboxylic acids is 1. The number of ether oxygens (including phenoxy) is 1. The van der Waals surface area contributed by atoms with Gasteiger partial charge >= 0.3 is 6.09 Å². The van der Waals surface area contributed by atoms with Crippen LogP contribution in [0.25, 0.3) is 0 Å². The van der Waals surface area contributed by atoms with Gasteiger partial charge < -0.3 is 15.0 Å². The molecule has 0 aliphatic heterocycles. The second-order valence-electron chi connectivity index (χ2n) is 6.79. The van der Waals surface area contributed by atoms with Gasteiger partial charge in [-0.3, -0.25) is 0 Å². The Morgan fingerprint density at radius 1 is 1.32 bits per heavy atom. The van der Waals surface area contributed by atoms with Crippen molar-refractivity contribution in [2.45, 2.75) is 52.7 Å². The lowest BCUT2D eigenvalue weighted by Crippen LogP contribution is -2.35. The van der Waals surface area contributed by atoms with Crippen LogP contribution in [0.2, 0.25) is 0 Å². The zero-order chi connectivity index (χ0) is 16.8. The van der Waals surface area contributed by atoms with Crippen LogP contribution in [-0.2, 0) is 4.74 Å². The molecule has 0 bridgehead atoms. The number of amides is 1. The molecular formula is C18H30N2O2. The Hall–Kier alpha value is -1.55. The fourth-order valence-corrected chi connectivity index (χ4v) is 2.25. The van der Waals surface area contributed by atoms with Crippen LogP contribution in [0.3, 0.4) is 0 Å². The average Bonchev–Trinajstić information content (AvgIpc) is 2.41. The van der Waals surface area contributed by atoms with E-state index in [-0.39, 0.29) is 6.09 Å². The Balaban J connectivity index is 2.30. The third-order valence-electron chi connectivity index (χ3n) is 3.48. The summed E-state index contributed by atoms with van der Waals surface area (Å²) in [4.78, 5) is 13.5. The summed E-state index contributed by atoms with van der Waals surface area (Å²) < 4.78 is 5.33. The van der Waals surface area contributed by atoms with Gasteiger partial charge in [0.25, 0.3) is 0 Å². The summed E-state index contributed by atoms with van der Waals surface area (Å²) in [6.07, 6.45) is 0.630. The Morgan fingerprint density at radius 2 is 1.95 bits per heavy atom. The van der Waals surface area contributed by atoms with Crippen molar-refractivity contribution in [3.05, 3.63) is 35.4 Å². The number of benzene rings is 1. The molecule has 0 aliphatic carbocycles. The van der Waals surface area contributed by atoms with E-state index in [0.717, 1.165) is 13.0 Å². The third kappa shape index (κ3) is 6.48. The standard InChI is InChI=1S/C18H30N2O2/c1-14-10-7-8-11-16(14)15(2)19-12-9-13-20(6)17(21)22-18(3,4)5/h7-8,10-11,15,19H,9,12-13H2,1-6H3. The SMILES string of the molecule is Cc1ccccc1C(C)NCCCN(C)C(=O)OC(C)(C)C. The van der Waals surface area contributed by atoms with E-state index in [1.807, 2.05) is 20.8 Å². The maximum atomic E-state index is 11.8. The van der Waals surface area contributed by atoms with Crippen LogP contribution in [-0.4, -0.2) is 36.7 Å². The molecule has 1 amide bonds. The van der Waals surface area contributed by atoms with Crippen molar-refractivity contribution in [2.75, 3.05) is 20.1 Å². The van der Waals surface area contributed by atoms with Gasteiger partial charge in [-0.15, -0.1) is 0 Å². The molecule has 1 unspecified atom stereocenters. The predicted octanol–water partition coefficient (Wildman–Crippen LogP) is 3.90. The highest BCUT2D eigenvalue weighted by Crippen LogP contribution is 2.16.